The number of benzene rings is 1. The molecule has 0 saturated carbocycles. The number of carbonyl (C=O) groups is 1. The minimum atomic E-state index is -0.891. The number of esters is 1. The normalized spacial score (nSPS) is 15.2. The van der Waals surface area contributed by atoms with Crippen LogP contribution in [0.15, 0.2) is 36.5 Å². The molecule has 1 aromatic carbocycles. The molecule has 0 amide bonds. The molecule has 2 heterocycles. The van der Waals surface area contributed by atoms with Crippen LogP contribution in [0.4, 0.5) is 0 Å². The SMILES string of the molecule is C#CCOC(c1ccc(C)c(CN2CCOc3cccnc3C2)c1)C(C)(C)C(=O)OC. The van der Waals surface area contributed by atoms with Crippen molar-refractivity contribution < 1.29 is 19.0 Å². The fourth-order valence-corrected chi connectivity index (χ4v) is 3.87. The van der Waals surface area contributed by atoms with E-state index in [0.717, 1.165) is 35.7 Å². The average Bonchev–Trinajstić information content (AvgIpc) is 2.97. The molecule has 0 fully saturated rings. The van der Waals surface area contributed by atoms with Gasteiger partial charge < -0.3 is 14.2 Å². The predicted octanol–water partition coefficient (Wildman–Crippen LogP) is 3.67. The van der Waals surface area contributed by atoms with Gasteiger partial charge in [0.2, 0.25) is 0 Å². The van der Waals surface area contributed by atoms with Crippen LogP contribution in [0.3, 0.4) is 0 Å². The zero-order chi connectivity index (χ0) is 22.4. The van der Waals surface area contributed by atoms with Crippen LogP contribution >= 0.6 is 0 Å². The highest BCUT2D eigenvalue weighted by Crippen LogP contribution is 2.38. The Morgan fingerprint density at radius 3 is 2.94 bits per heavy atom. The van der Waals surface area contributed by atoms with Crippen LogP contribution in [0.1, 0.15) is 42.3 Å². The Morgan fingerprint density at radius 1 is 1.39 bits per heavy atom. The van der Waals surface area contributed by atoms with E-state index in [1.807, 2.05) is 32.0 Å². The van der Waals surface area contributed by atoms with Crippen molar-refractivity contribution in [3.05, 3.63) is 58.9 Å². The molecular formula is C25H30N2O4. The van der Waals surface area contributed by atoms with E-state index < -0.39 is 11.5 Å². The quantitative estimate of drug-likeness (QED) is 0.501. The van der Waals surface area contributed by atoms with Gasteiger partial charge in [-0.15, -0.1) is 6.42 Å². The van der Waals surface area contributed by atoms with E-state index in [1.165, 1.54) is 12.7 Å². The number of methoxy groups -OCH3 is 1. The van der Waals surface area contributed by atoms with Crippen molar-refractivity contribution in [1.82, 2.24) is 9.88 Å². The smallest absolute Gasteiger partial charge is 0.314 e. The van der Waals surface area contributed by atoms with Crippen molar-refractivity contribution in [3.8, 4) is 18.1 Å². The Balaban J connectivity index is 1.87. The first kappa shape index (κ1) is 22.8. The molecule has 0 spiro atoms. The summed E-state index contributed by atoms with van der Waals surface area (Å²) in [7, 11) is 1.39. The van der Waals surface area contributed by atoms with Crippen molar-refractivity contribution in [2.45, 2.75) is 40.0 Å². The number of fused-ring (bicyclic) bond motifs is 1. The summed E-state index contributed by atoms with van der Waals surface area (Å²) in [4.78, 5) is 19.2. The Bertz CT molecular complexity index is 964. The summed E-state index contributed by atoms with van der Waals surface area (Å²) in [5, 5.41) is 0. The number of rotatable bonds is 7. The van der Waals surface area contributed by atoms with Crippen molar-refractivity contribution in [2.75, 3.05) is 26.9 Å². The third-order valence-corrected chi connectivity index (χ3v) is 5.66. The van der Waals surface area contributed by atoms with Crippen LogP contribution < -0.4 is 4.74 Å². The van der Waals surface area contributed by atoms with Crippen LogP contribution in [0.25, 0.3) is 0 Å². The lowest BCUT2D eigenvalue weighted by Gasteiger charge is -2.32. The average molecular weight is 423 g/mol. The molecular weight excluding hydrogens is 392 g/mol. The molecule has 1 aliphatic heterocycles. The van der Waals surface area contributed by atoms with E-state index in [9.17, 15) is 4.79 Å². The number of hydrogen-bond donors (Lipinski definition) is 0. The zero-order valence-electron chi connectivity index (χ0n) is 18.7. The standard InChI is InChI=1S/C25H30N2O4/c1-6-13-31-23(25(3,4)24(28)29-5)19-10-9-18(2)20(15-19)16-27-12-14-30-22-8-7-11-26-21(22)17-27/h1,7-11,15,23H,12-14,16-17H2,2-5H3. The molecule has 3 rings (SSSR count). The van der Waals surface area contributed by atoms with Gasteiger partial charge in [0.15, 0.2) is 0 Å². The van der Waals surface area contributed by atoms with Crippen molar-refractivity contribution >= 4 is 5.97 Å². The van der Waals surface area contributed by atoms with Gasteiger partial charge in [-0.05, 0) is 49.6 Å². The van der Waals surface area contributed by atoms with Crippen molar-refractivity contribution in [2.24, 2.45) is 5.41 Å². The number of terminal acetylenes is 1. The van der Waals surface area contributed by atoms with Crippen LogP contribution in [-0.4, -0.2) is 42.7 Å². The number of ether oxygens (including phenoxy) is 3. The van der Waals surface area contributed by atoms with Gasteiger partial charge in [-0.2, -0.15) is 0 Å². The second-order valence-electron chi connectivity index (χ2n) is 8.30. The minimum Gasteiger partial charge on any atom is -0.490 e. The van der Waals surface area contributed by atoms with Crippen molar-refractivity contribution in [3.63, 3.8) is 0 Å². The maximum absolute atomic E-state index is 12.5. The third kappa shape index (κ3) is 5.25. The highest BCUT2D eigenvalue weighted by Gasteiger charge is 2.40. The van der Waals surface area contributed by atoms with Gasteiger partial charge in [0.05, 0.1) is 24.3 Å². The molecule has 6 heteroatoms. The Labute approximate surface area is 184 Å². The lowest BCUT2D eigenvalue weighted by atomic mass is 9.81. The second kappa shape index (κ2) is 9.95. The summed E-state index contributed by atoms with van der Waals surface area (Å²) in [6.45, 7) is 8.68. The molecule has 0 aliphatic carbocycles. The molecule has 2 aromatic rings. The molecule has 0 bridgehead atoms. The summed E-state index contributed by atoms with van der Waals surface area (Å²) in [5.74, 6) is 3.00. The van der Waals surface area contributed by atoms with E-state index >= 15 is 0 Å². The molecule has 6 nitrogen and oxygen atoms in total. The van der Waals surface area contributed by atoms with E-state index in [1.54, 1.807) is 6.20 Å². The summed E-state index contributed by atoms with van der Waals surface area (Å²) in [5.41, 5.74) is 3.28. The number of pyridine rings is 1. The Hall–Kier alpha value is -2.88. The summed E-state index contributed by atoms with van der Waals surface area (Å²) >= 11 is 0. The van der Waals surface area contributed by atoms with Crippen LogP contribution in [0.2, 0.25) is 0 Å². The zero-order valence-corrected chi connectivity index (χ0v) is 18.7. The van der Waals surface area contributed by atoms with Crippen LogP contribution in [0.5, 0.6) is 5.75 Å². The molecule has 164 valence electrons. The van der Waals surface area contributed by atoms with Gasteiger partial charge in [0.1, 0.15) is 19.0 Å². The van der Waals surface area contributed by atoms with Gasteiger partial charge in [-0.25, -0.2) is 0 Å². The number of aryl methyl sites for hydroxylation is 1. The lowest BCUT2D eigenvalue weighted by Crippen LogP contribution is -2.34. The maximum atomic E-state index is 12.5. The van der Waals surface area contributed by atoms with Gasteiger partial charge in [0.25, 0.3) is 0 Å². The van der Waals surface area contributed by atoms with E-state index in [-0.39, 0.29) is 12.6 Å². The highest BCUT2D eigenvalue weighted by atomic mass is 16.5. The van der Waals surface area contributed by atoms with Gasteiger partial charge in [-0.1, -0.05) is 24.1 Å². The highest BCUT2D eigenvalue weighted by molar-refractivity contribution is 5.77. The van der Waals surface area contributed by atoms with E-state index in [4.69, 9.17) is 20.6 Å². The minimum absolute atomic E-state index is 0.111. The molecule has 0 saturated heterocycles. The molecule has 1 aromatic heterocycles. The number of nitrogens with zero attached hydrogens (tertiary/aromatic N) is 2. The summed E-state index contributed by atoms with van der Waals surface area (Å²) < 4.78 is 16.8. The molecule has 0 radical (unpaired) electrons. The Kier molecular flexibility index (Phi) is 7.32. The Morgan fingerprint density at radius 2 is 2.19 bits per heavy atom. The monoisotopic (exact) mass is 422 g/mol. The van der Waals surface area contributed by atoms with E-state index in [0.29, 0.717) is 13.2 Å². The van der Waals surface area contributed by atoms with E-state index in [2.05, 4.69) is 34.9 Å². The fraction of sp³-hybridized carbons (Fsp3) is 0.440. The van der Waals surface area contributed by atoms with Gasteiger partial charge in [-0.3, -0.25) is 14.7 Å². The maximum Gasteiger partial charge on any atom is 0.314 e. The third-order valence-electron chi connectivity index (χ3n) is 5.66. The first-order valence-electron chi connectivity index (χ1n) is 10.4. The number of aromatic nitrogens is 1. The second-order valence-corrected chi connectivity index (χ2v) is 8.30. The predicted molar refractivity (Wildman–Crippen MR) is 118 cm³/mol. The summed E-state index contributed by atoms with van der Waals surface area (Å²) in [6, 6.07) is 10.0. The van der Waals surface area contributed by atoms with Gasteiger partial charge in [0, 0.05) is 25.8 Å². The first-order valence-corrected chi connectivity index (χ1v) is 10.4. The fourth-order valence-electron chi connectivity index (χ4n) is 3.87. The molecule has 1 aliphatic rings. The molecule has 0 N–H and O–H groups in total. The molecule has 1 atom stereocenters. The summed E-state index contributed by atoms with van der Waals surface area (Å²) in [6.07, 6.45) is 6.69. The first-order chi connectivity index (χ1) is 14.9. The molecule has 1 unspecified atom stereocenters. The van der Waals surface area contributed by atoms with Crippen LogP contribution in [-0.2, 0) is 27.4 Å². The topological polar surface area (TPSA) is 60.9 Å². The number of hydrogen-bond acceptors (Lipinski definition) is 6. The lowest BCUT2D eigenvalue weighted by molar-refractivity contribution is -0.160. The van der Waals surface area contributed by atoms with Crippen LogP contribution in [0, 0.1) is 24.7 Å². The molecule has 31 heavy (non-hydrogen) atoms. The largest absolute Gasteiger partial charge is 0.490 e. The van der Waals surface area contributed by atoms with Crippen molar-refractivity contribution in [1.29, 1.82) is 0 Å². The van der Waals surface area contributed by atoms with Gasteiger partial charge >= 0.3 is 5.97 Å². The number of carbonyl (C=O) groups excluding carboxylic acids is 1.